The summed E-state index contributed by atoms with van der Waals surface area (Å²) in [7, 11) is 0. The Morgan fingerprint density at radius 2 is 1.84 bits per heavy atom. The van der Waals surface area contributed by atoms with Gasteiger partial charge in [0.25, 0.3) is 0 Å². The van der Waals surface area contributed by atoms with E-state index >= 15 is 0 Å². The third-order valence-corrected chi connectivity index (χ3v) is 4.31. The second kappa shape index (κ2) is 8.01. The van der Waals surface area contributed by atoms with Gasteiger partial charge in [-0.1, -0.05) is 25.1 Å². The molecule has 0 radical (unpaired) electrons. The summed E-state index contributed by atoms with van der Waals surface area (Å²) >= 11 is 0. The highest BCUT2D eigenvalue weighted by molar-refractivity contribution is 5.78. The number of fused-ring (bicyclic) bond motifs is 1. The van der Waals surface area contributed by atoms with Crippen LogP contribution in [0.25, 0.3) is 0 Å². The highest BCUT2D eigenvalue weighted by atomic mass is 19.1. The van der Waals surface area contributed by atoms with Gasteiger partial charge >= 0.3 is 0 Å². The van der Waals surface area contributed by atoms with Crippen LogP contribution in [0.3, 0.4) is 0 Å². The van der Waals surface area contributed by atoms with Crippen LogP contribution >= 0.6 is 0 Å². The van der Waals surface area contributed by atoms with E-state index in [1.165, 1.54) is 12.1 Å². The van der Waals surface area contributed by atoms with Crippen LogP contribution in [0.15, 0.2) is 42.5 Å². The zero-order valence-corrected chi connectivity index (χ0v) is 14.3. The number of carbonyl (C=O) groups excluding carboxylic acids is 1. The normalized spacial score (nSPS) is 14.0. The lowest BCUT2D eigenvalue weighted by Crippen LogP contribution is -2.26. The average Bonchev–Trinajstić information content (AvgIpc) is 2.63. The maximum atomic E-state index is 12.9. The molecule has 5 heteroatoms. The Morgan fingerprint density at radius 1 is 1.12 bits per heavy atom. The molecule has 0 bridgehead atoms. The number of carbonyl (C=O) groups is 1. The molecule has 1 heterocycles. The predicted molar refractivity (Wildman–Crippen MR) is 93.6 cm³/mol. The Kier molecular flexibility index (Phi) is 5.53. The third-order valence-electron chi connectivity index (χ3n) is 4.31. The van der Waals surface area contributed by atoms with Crippen LogP contribution in [0.2, 0.25) is 0 Å². The molecule has 0 saturated heterocycles. The fraction of sp³-hybridized carbons (Fsp3) is 0.350. The Hall–Kier alpha value is -2.56. The van der Waals surface area contributed by atoms with Crippen molar-refractivity contribution in [1.82, 2.24) is 5.32 Å². The van der Waals surface area contributed by atoms with Gasteiger partial charge in [0.1, 0.15) is 19.0 Å². The highest BCUT2D eigenvalue weighted by Crippen LogP contribution is 2.33. The minimum Gasteiger partial charge on any atom is -0.486 e. The number of benzene rings is 2. The topological polar surface area (TPSA) is 47.6 Å². The van der Waals surface area contributed by atoms with Crippen LogP contribution in [0.1, 0.15) is 30.4 Å². The van der Waals surface area contributed by atoms with Crippen molar-refractivity contribution in [1.29, 1.82) is 0 Å². The van der Waals surface area contributed by atoms with Crippen LogP contribution in [0.4, 0.5) is 4.39 Å². The van der Waals surface area contributed by atoms with E-state index in [4.69, 9.17) is 9.47 Å². The monoisotopic (exact) mass is 343 g/mol. The van der Waals surface area contributed by atoms with Crippen LogP contribution in [-0.2, 0) is 11.2 Å². The van der Waals surface area contributed by atoms with Crippen molar-refractivity contribution in [3.63, 3.8) is 0 Å². The van der Waals surface area contributed by atoms with Gasteiger partial charge in [0, 0.05) is 6.54 Å². The van der Waals surface area contributed by atoms with Crippen molar-refractivity contribution < 1.29 is 18.7 Å². The van der Waals surface area contributed by atoms with Crippen molar-refractivity contribution in [3.8, 4) is 11.5 Å². The molecule has 0 spiro atoms. The first-order chi connectivity index (χ1) is 12.1. The Bertz CT molecular complexity index is 730. The summed E-state index contributed by atoms with van der Waals surface area (Å²) in [5.74, 6) is 1.52. The van der Waals surface area contributed by atoms with Gasteiger partial charge in [-0.05, 0) is 47.7 Å². The van der Waals surface area contributed by atoms with Gasteiger partial charge < -0.3 is 14.8 Å². The zero-order valence-electron chi connectivity index (χ0n) is 14.3. The molecule has 132 valence electrons. The van der Waals surface area contributed by atoms with Crippen LogP contribution in [0.5, 0.6) is 11.5 Å². The van der Waals surface area contributed by atoms with Gasteiger partial charge in [-0.2, -0.15) is 0 Å². The molecule has 0 fully saturated rings. The first-order valence-corrected chi connectivity index (χ1v) is 8.52. The van der Waals surface area contributed by atoms with Gasteiger partial charge in [-0.25, -0.2) is 4.39 Å². The number of hydrogen-bond donors (Lipinski definition) is 1. The van der Waals surface area contributed by atoms with Crippen LogP contribution in [0, 0.1) is 5.82 Å². The molecule has 1 aliphatic rings. The van der Waals surface area contributed by atoms with E-state index < -0.39 is 0 Å². The molecule has 25 heavy (non-hydrogen) atoms. The summed E-state index contributed by atoms with van der Waals surface area (Å²) in [5, 5.41) is 2.92. The fourth-order valence-electron chi connectivity index (χ4n) is 2.81. The molecule has 2 aromatic carbocycles. The first kappa shape index (κ1) is 17.3. The number of ether oxygens (including phenoxy) is 2. The quantitative estimate of drug-likeness (QED) is 0.874. The van der Waals surface area contributed by atoms with Crippen LogP contribution < -0.4 is 14.8 Å². The molecule has 1 N–H and O–H groups in total. The van der Waals surface area contributed by atoms with Gasteiger partial charge in [0.2, 0.25) is 5.91 Å². The summed E-state index contributed by atoms with van der Waals surface area (Å²) in [5.41, 5.74) is 1.97. The molecule has 1 amide bonds. The summed E-state index contributed by atoms with van der Waals surface area (Å²) in [6.45, 7) is 3.87. The maximum absolute atomic E-state index is 12.9. The SMILES string of the molecule is CC(CCNC(=O)Cc1ccc(F)cc1)c1ccc2c(c1)OCCO2. The maximum Gasteiger partial charge on any atom is 0.224 e. The molecule has 0 aliphatic carbocycles. The molecule has 1 unspecified atom stereocenters. The summed E-state index contributed by atoms with van der Waals surface area (Å²) in [6, 6.07) is 12.0. The minimum absolute atomic E-state index is 0.0546. The largest absolute Gasteiger partial charge is 0.486 e. The minimum atomic E-state index is -0.294. The smallest absolute Gasteiger partial charge is 0.224 e. The molecular formula is C20H22FNO3. The van der Waals surface area contributed by atoms with E-state index in [2.05, 4.69) is 12.2 Å². The van der Waals surface area contributed by atoms with E-state index in [9.17, 15) is 9.18 Å². The lowest BCUT2D eigenvalue weighted by atomic mass is 9.97. The molecule has 1 aliphatic heterocycles. The number of nitrogens with one attached hydrogen (secondary N) is 1. The zero-order chi connectivity index (χ0) is 17.6. The highest BCUT2D eigenvalue weighted by Gasteiger charge is 2.14. The second-order valence-corrected chi connectivity index (χ2v) is 6.25. The average molecular weight is 343 g/mol. The summed E-state index contributed by atoms with van der Waals surface area (Å²) < 4.78 is 24.0. The molecular weight excluding hydrogens is 321 g/mol. The van der Waals surface area contributed by atoms with E-state index in [1.807, 2.05) is 18.2 Å². The lowest BCUT2D eigenvalue weighted by molar-refractivity contribution is -0.120. The Morgan fingerprint density at radius 3 is 2.60 bits per heavy atom. The van der Waals surface area contributed by atoms with Gasteiger partial charge in [-0.15, -0.1) is 0 Å². The van der Waals surface area contributed by atoms with E-state index in [-0.39, 0.29) is 18.1 Å². The van der Waals surface area contributed by atoms with Crippen molar-refractivity contribution in [2.75, 3.05) is 19.8 Å². The van der Waals surface area contributed by atoms with Crippen molar-refractivity contribution in [2.24, 2.45) is 0 Å². The third kappa shape index (κ3) is 4.72. The predicted octanol–water partition coefficient (Wildman–Crippen LogP) is 3.45. The number of rotatable bonds is 6. The molecule has 1 atom stereocenters. The fourth-order valence-corrected chi connectivity index (χ4v) is 2.81. The number of halogens is 1. The van der Waals surface area contributed by atoms with E-state index in [0.717, 1.165) is 29.0 Å². The lowest BCUT2D eigenvalue weighted by Gasteiger charge is -2.20. The van der Waals surface area contributed by atoms with Crippen LogP contribution in [-0.4, -0.2) is 25.7 Å². The number of amides is 1. The number of hydrogen-bond acceptors (Lipinski definition) is 3. The molecule has 4 nitrogen and oxygen atoms in total. The summed E-state index contributed by atoms with van der Waals surface area (Å²) in [4.78, 5) is 12.0. The molecule has 0 saturated carbocycles. The van der Waals surface area contributed by atoms with Gasteiger partial charge in [-0.3, -0.25) is 4.79 Å². The van der Waals surface area contributed by atoms with Gasteiger partial charge in [0.15, 0.2) is 11.5 Å². The first-order valence-electron chi connectivity index (χ1n) is 8.52. The Labute approximate surface area is 147 Å². The molecule has 2 aromatic rings. The van der Waals surface area contributed by atoms with E-state index in [1.54, 1.807) is 12.1 Å². The van der Waals surface area contributed by atoms with Crippen molar-refractivity contribution in [2.45, 2.75) is 25.7 Å². The Balaban J connectivity index is 1.46. The van der Waals surface area contributed by atoms with E-state index in [0.29, 0.717) is 25.7 Å². The summed E-state index contributed by atoms with van der Waals surface area (Å²) in [6.07, 6.45) is 1.09. The molecule has 3 rings (SSSR count). The van der Waals surface area contributed by atoms with Gasteiger partial charge in [0.05, 0.1) is 6.42 Å². The molecule has 0 aromatic heterocycles. The van der Waals surface area contributed by atoms with Crippen molar-refractivity contribution in [3.05, 3.63) is 59.4 Å². The van der Waals surface area contributed by atoms with Crippen molar-refractivity contribution >= 4 is 5.91 Å². The second-order valence-electron chi connectivity index (χ2n) is 6.25. The standard InChI is InChI=1S/C20H22FNO3/c1-14(16-4-7-18-19(13-16)25-11-10-24-18)8-9-22-20(23)12-15-2-5-17(21)6-3-15/h2-7,13-14H,8-12H2,1H3,(H,22,23).